The molecule has 0 aliphatic rings. The highest BCUT2D eigenvalue weighted by Gasteiger charge is 2.16. The summed E-state index contributed by atoms with van der Waals surface area (Å²) in [5.41, 5.74) is 0.617. The number of aryl methyl sites for hydroxylation is 1. The van der Waals surface area contributed by atoms with E-state index in [1.807, 2.05) is 38.1 Å². The first-order chi connectivity index (χ1) is 16.1. The fourth-order valence-electron chi connectivity index (χ4n) is 3.47. The van der Waals surface area contributed by atoms with Crippen LogP contribution in [0, 0.1) is 0 Å². The molecule has 1 aromatic heterocycles. The number of fused-ring (bicyclic) bond motifs is 1. The molecule has 4 aromatic rings. The maximum Gasteiger partial charge on any atom is 0.276 e. The Labute approximate surface area is 191 Å². The van der Waals surface area contributed by atoms with Gasteiger partial charge >= 0.3 is 0 Å². The fourth-order valence-corrected chi connectivity index (χ4v) is 3.47. The number of anilines is 1. The number of hydrogen-bond acceptors (Lipinski definition) is 5. The van der Waals surface area contributed by atoms with Gasteiger partial charge in [0, 0.05) is 17.6 Å². The van der Waals surface area contributed by atoms with Crippen LogP contribution in [0.2, 0.25) is 0 Å². The number of nitrogens with zero attached hydrogens (tertiary/aromatic N) is 2. The number of nitrogens with one attached hydrogen (secondary N) is 1. The van der Waals surface area contributed by atoms with E-state index in [0.717, 1.165) is 12.2 Å². The first-order valence-corrected chi connectivity index (χ1v) is 10.9. The lowest BCUT2D eigenvalue weighted by Crippen LogP contribution is -2.27. The SMILES string of the molecule is CCCn1nc(C(=O)Nc2ccc(Oc3ccc(OCC)cc3)cc2)c2ccccc2c1=O. The Balaban J connectivity index is 1.51. The number of amides is 1. The molecule has 0 bridgehead atoms. The van der Waals surface area contributed by atoms with Crippen LogP contribution in [-0.4, -0.2) is 22.3 Å². The fraction of sp³-hybridized carbons (Fsp3) is 0.192. The van der Waals surface area contributed by atoms with Crippen molar-refractivity contribution in [1.82, 2.24) is 9.78 Å². The summed E-state index contributed by atoms with van der Waals surface area (Å²) >= 11 is 0. The van der Waals surface area contributed by atoms with Crippen LogP contribution in [0.15, 0.2) is 77.6 Å². The topological polar surface area (TPSA) is 82.5 Å². The summed E-state index contributed by atoms with van der Waals surface area (Å²) in [6, 6.07) is 21.5. The molecule has 0 fully saturated rings. The first kappa shape index (κ1) is 22.1. The van der Waals surface area contributed by atoms with Gasteiger partial charge in [-0.25, -0.2) is 4.68 Å². The average molecular weight is 444 g/mol. The van der Waals surface area contributed by atoms with E-state index in [4.69, 9.17) is 9.47 Å². The Kier molecular flexibility index (Phi) is 6.69. The van der Waals surface area contributed by atoms with Crippen LogP contribution in [0.1, 0.15) is 30.8 Å². The molecular weight excluding hydrogens is 418 g/mol. The minimum absolute atomic E-state index is 0.195. The Morgan fingerprint density at radius 2 is 1.48 bits per heavy atom. The van der Waals surface area contributed by atoms with Gasteiger partial charge in [0.1, 0.15) is 17.2 Å². The van der Waals surface area contributed by atoms with Crippen LogP contribution in [0.5, 0.6) is 17.2 Å². The van der Waals surface area contributed by atoms with E-state index in [0.29, 0.717) is 41.1 Å². The summed E-state index contributed by atoms with van der Waals surface area (Å²) in [7, 11) is 0. The van der Waals surface area contributed by atoms with Gasteiger partial charge in [0.25, 0.3) is 11.5 Å². The molecule has 0 spiro atoms. The molecule has 0 aliphatic carbocycles. The molecule has 1 amide bonds. The number of hydrogen-bond donors (Lipinski definition) is 1. The Morgan fingerprint density at radius 1 is 0.879 bits per heavy atom. The molecule has 0 saturated carbocycles. The van der Waals surface area contributed by atoms with Crippen molar-refractivity contribution in [2.24, 2.45) is 0 Å². The molecule has 0 saturated heterocycles. The van der Waals surface area contributed by atoms with Crippen LogP contribution < -0.4 is 20.3 Å². The number of aromatic nitrogens is 2. The van der Waals surface area contributed by atoms with Crippen molar-refractivity contribution >= 4 is 22.4 Å². The van der Waals surface area contributed by atoms with Gasteiger partial charge in [-0.2, -0.15) is 5.10 Å². The van der Waals surface area contributed by atoms with E-state index in [2.05, 4.69) is 10.4 Å². The van der Waals surface area contributed by atoms with E-state index in [9.17, 15) is 9.59 Å². The second-order valence-electron chi connectivity index (χ2n) is 7.41. The maximum absolute atomic E-state index is 13.0. The van der Waals surface area contributed by atoms with Crippen molar-refractivity contribution in [2.75, 3.05) is 11.9 Å². The second-order valence-corrected chi connectivity index (χ2v) is 7.41. The largest absolute Gasteiger partial charge is 0.494 e. The molecule has 1 N–H and O–H groups in total. The Morgan fingerprint density at radius 3 is 2.12 bits per heavy atom. The maximum atomic E-state index is 13.0. The molecular formula is C26H25N3O4. The van der Waals surface area contributed by atoms with Crippen LogP contribution in [0.25, 0.3) is 10.8 Å². The highest BCUT2D eigenvalue weighted by atomic mass is 16.5. The third kappa shape index (κ3) is 5.03. The normalized spacial score (nSPS) is 10.7. The van der Waals surface area contributed by atoms with Gasteiger partial charge in [-0.15, -0.1) is 0 Å². The number of carbonyl (C=O) groups is 1. The summed E-state index contributed by atoms with van der Waals surface area (Å²) in [5.74, 6) is 1.73. The number of ether oxygens (including phenoxy) is 2. The second kappa shape index (κ2) is 9.99. The van der Waals surface area contributed by atoms with Gasteiger partial charge in [-0.3, -0.25) is 9.59 Å². The zero-order valence-electron chi connectivity index (χ0n) is 18.6. The molecule has 4 rings (SSSR count). The highest BCUT2D eigenvalue weighted by Crippen LogP contribution is 2.25. The van der Waals surface area contributed by atoms with Crippen LogP contribution >= 0.6 is 0 Å². The Bertz CT molecular complexity index is 1310. The van der Waals surface area contributed by atoms with Gasteiger partial charge in [-0.1, -0.05) is 25.1 Å². The van der Waals surface area contributed by atoms with Crippen molar-refractivity contribution in [3.8, 4) is 17.2 Å². The molecule has 1 heterocycles. The minimum atomic E-state index is -0.378. The zero-order valence-corrected chi connectivity index (χ0v) is 18.6. The monoisotopic (exact) mass is 443 g/mol. The average Bonchev–Trinajstić information content (AvgIpc) is 2.83. The molecule has 0 unspecified atom stereocenters. The summed E-state index contributed by atoms with van der Waals surface area (Å²) in [6.07, 6.45) is 0.738. The standard InChI is InChI=1S/C26H25N3O4/c1-3-17-29-26(31)23-8-6-5-7-22(23)24(28-29)25(30)27-18-9-11-20(12-10-18)33-21-15-13-19(14-16-21)32-4-2/h5-16H,3-4,17H2,1-2H3,(H,27,30). The molecule has 0 atom stereocenters. The van der Waals surface area contributed by atoms with Crippen molar-refractivity contribution in [3.05, 3.63) is 88.8 Å². The lowest BCUT2D eigenvalue weighted by molar-refractivity contribution is 0.102. The van der Waals surface area contributed by atoms with E-state index >= 15 is 0 Å². The van der Waals surface area contributed by atoms with Crippen LogP contribution in [0.4, 0.5) is 5.69 Å². The lowest BCUT2D eigenvalue weighted by atomic mass is 10.1. The molecule has 33 heavy (non-hydrogen) atoms. The van der Waals surface area contributed by atoms with E-state index in [1.54, 1.807) is 48.5 Å². The smallest absolute Gasteiger partial charge is 0.276 e. The predicted molar refractivity (Wildman–Crippen MR) is 128 cm³/mol. The van der Waals surface area contributed by atoms with Crippen molar-refractivity contribution in [3.63, 3.8) is 0 Å². The molecule has 0 aliphatic heterocycles. The highest BCUT2D eigenvalue weighted by molar-refractivity contribution is 6.11. The molecule has 7 heteroatoms. The van der Waals surface area contributed by atoms with Gasteiger partial charge in [0.2, 0.25) is 0 Å². The van der Waals surface area contributed by atoms with Crippen molar-refractivity contribution in [2.45, 2.75) is 26.8 Å². The molecule has 0 radical (unpaired) electrons. The molecule has 168 valence electrons. The van der Waals surface area contributed by atoms with Gasteiger partial charge in [0.05, 0.1) is 12.0 Å². The Hall–Kier alpha value is -4.13. The van der Waals surface area contributed by atoms with Crippen LogP contribution in [0.3, 0.4) is 0 Å². The third-order valence-corrected chi connectivity index (χ3v) is 5.00. The van der Waals surface area contributed by atoms with Crippen molar-refractivity contribution in [1.29, 1.82) is 0 Å². The van der Waals surface area contributed by atoms with Gasteiger partial charge in [0.15, 0.2) is 5.69 Å². The lowest BCUT2D eigenvalue weighted by Gasteiger charge is -2.11. The minimum Gasteiger partial charge on any atom is -0.494 e. The number of carbonyl (C=O) groups excluding carboxylic acids is 1. The summed E-state index contributed by atoms with van der Waals surface area (Å²) in [5, 5.41) is 8.21. The van der Waals surface area contributed by atoms with Crippen molar-refractivity contribution < 1.29 is 14.3 Å². The summed E-state index contributed by atoms with van der Waals surface area (Å²) in [6.45, 7) is 4.95. The quantitative estimate of drug-likeness (QED) is 0.402. The summed E-state index contributed by atoms with van der Waals surface area (Å²) in [4.78, 5) is 25.7. The van der Waals surface area contributed by atoms with Gasteiger partial charge in [-0.05, 0) is 67.9 Å². The van der Waals surface area contributed by atoms with E-state index < -0.39 is 0 Å². The number of benzene rings is 3. The number of rotatable bonds is 8. The summed E-state index contributed by atoms with van der Waals surface area (Å²) < 4.78 is 12.6. The third-order valence-electron chi connectivity index (χ3n) is 5.00. The predicted octanol–water partition coefficient (Wildman–Crippen LogP) is 5.25. The van der Waals surface area contributed by atoms with Gasteiger partial charge < -0.3 is 14.8 Å². The van der Waals surface area contributed by atoms with E-state index in [-0.39, 0.29) is 17.2 Å². The zero-order chi connectivity index (χ0) is 23.2. The molecule has 7 nitrogen and oxygen atoms in total. The van der Waals surface area contributed by atoms with E-state index in [1.165, 1.54) is 4.68 Å². The molecule has 3 aromatic carbocycles. The first-order valence-electron chi connectivity index (χ1n) is 10.9. The van der Waals surface area contributed by atoms with Crippen LogP contribution in [-0.2, 0) is 6.54 Å².